The van der Waals surface area contributed by atoms with Crippen LogP contribution in [0, 0.1) is 0 Å². The van der Waals surface area contributed by atoms with Crippen LogP contribution in [0.4, 0.5) is 5.69 Å². The minimum Gasteiger partial charge on any atom is -0.496 e. The Labute approximate surface area is 217 Å². The molecule has 0 atom stereocenters. The Morgan fingerprint density at radius 2 is 1.91 bits per heavy atom. The first-order valence-electron chi connectivity index (χ1n) is 10.8. The lowest BCUT2D eigenvalue weighted by Gasteiger charge is -2.12. The molecule has 0 aliphatic heterocycles. The highest BCUT2D eigenvalue weighted by Crippen LogP contribution is 2.30. The number of aromatic nitrogens is 2. The predicted molar refractivity (Wildman–Crippen MR) is 142 cm³/mol. The summed E-state index contributed by atoms with van der Waals surface area (Å²) >= 11 is 9.45. The first-order chi connectivity index (χ1) is 17.0. The molecule has 0 fully saturated rings. The van der Waals surface area contributed by atoms with Gasteiger partial charge < -0.3 is 14.8 Å². The minimum atomic E-state index is -0.247. The van der Waals surface area contributed by atoms with E-state index in [0.29, 0.717) is 28.8 Å². The lowest BCUT2D eigenvalue weighted by molar-refractivity contribution is -0.111. The Bertz CT molecular complexity index is 1340. The van der Waals surface area contributed by atoms with E-state index in [1.165, 1.54) is 6.08 Å². The maximum absolute atomic E-state index is 12.4. The van der Waals surface area contributed by atoms with Gasteiger partial charge in [-0.1, -0.05) is 48.0 Å². The Kier molecular flexibility index (Phi) is 8.23. The molecule has 0 spiro atoms. The normalized spacial score (nSPS) is 10.9. The third-order valence-corrected chi connectivity index (χ3v) is 5.95. The number of hydrogen-bond donors (Lipinski definition) is 1. The second-order valence-electron chi connectivity index (χ2n) is 7.67. The zero-order valence-electron chi connectivity index (χ0n) is 18.9. The molecule has 0 radical (unpaired) electrons. The molecule has 3 aromatic carbocycles. The summed E-state index contributed by atoms with van der Waals surface area (Å²) in [6.45, 7) is 0.924. The molecule has 0 bridgehead atoms. The van der Waals surface area contributed by atoms with E-state index in [1.807, 2.05) is 48.5 Å². The van der Waals surface area contributed by atoms with Crippen LogP contribution in [0.3, 0.4) is 0 Å². The highest BCUT2D eigenvalue weighted by atomic mass is 79.9. The number of rotatable bonds is 9. The van der Waals surface area contributed by atoms with Crippen molar-refractivity contribution >= 4 is 45.2 Å². The van der Waals surface area contributed by atoms with Gasteiger partial charge in [-0.15, -0.1) is 0 Å². The molecular weight excluding hydrogens is 530 g/mol. The summed E-state index contributed by atoms with van der Waals surface area (Å²) < 4.78 is 13.9. The average Bonchev–Trinajstić information content (AvgIpc) is 3.29. The number of methoxy groups -OCH3 is 1. The van der Waals surface area contributed by atoms with Crippen molar-refractivity contribution in [3.05, 3.63) is 111 Å². The van der Waals surface area contributed by atoms with Gasteiger partial charge in [-0.25, -0.2) is 0 Å². The highest BCUT2D eigenvalue weighted by molar-refractivity contribution is 9.10. The first-order valence-corrected chi connectivity index (χ1v) is 12.0. The molecule has 0 unspecified atom stereocenters. The van der Waals surface area contributed by atoms with Crippen LogP contribution in [0.2, 0.25) is 5.02 Å². The Hall–Kier alpha value is -3.55. The Balaban J connectivity index is 1.38. The summed E-state index contributed by atoms with van der Waals surface area (Å²) in [5.74, 6) is 1.12. The second kappa shape index (κ2) is 11.7. The van der Waals surface area contributed by atoms with Crippen molar-refractivity contribution in [3.8, 4) is 11.5 Å². The number of nitrogens with one attached hydrogen (secondary N) is 1. The number of anilines is 1. The van der Waals surface area contributed by atoms with E-state index in [1.54, 1.807) is 48.5 Å². The van der Waals surface area contributed by atoms with E-state index < -0.39 is 0 Å². The van der Waals surface area contributed by atoms with Gasteiger partial charge in [0.1, 0.15) is 18.1 Å². The van der Waals surface area contributed by atoms with Crippen LogP contribution in [-0.2, 0) is 17.9 Å². The van der Waals surface area contributed by atoms with Gasteiger partial charge in [0.2, 0.25) is 5.91 Å². The minimum absolute atomic E-state index is 0.247. The summed E-state index contributed by atoms with van der Waals surface area (Å²) in [5, 5.41) is 7.77. The van der Waals surface area contributed by atoms with Crippen molar-refractivity contribution in [2.75, 3.05) is 12.4 Å². The van der Waals surface area contributed by atoms with Crippen molar-refractivity contribution in [1.29, 1.82) is 0 Å². The zero-order chi connectivity index (χ0) is 24.6. The summed E-state index contributed by atoms with van der Waals surface area (Å²) in [5.41, 5.74) is 3.46. The SMILES string of the molecule is COc1ccc(/C=C\C(=O)Nc2cnn(Cc3ccccc3)c2)cc1COc1ccc(Cl)cc1Br. The van der Waals surface area contributed by atoms with Crippen LogP contribution in [-0.4, -0.2) is 22.8 Å². The van der Waals surface area contributed by atoms with Crippen molar-refractivity contribution in [1.82, 2.24) is 9.78 Å². The van der Waals surface area contributed by atoms with Gasteiger partial charge in [-0.3, -0.25) is 9.48 Å². The summed E-state index contributed by atoms with van der Waals surface area (Å²) in [7, 11) is 1.61. The number of hydrogen-bond acceptors (Lipinski definition) is 4. The smallest absolute Gasteiger partial charge is 0.248 e. The lowest BCUT2D eigenvalue weighted by Crippen LogP contribution is -2.07. The first kappa shape index (κ1) is 24.6. The van der Waals surface area contributed by atoms with Gasteiger partial charge in [0.15, 0.2) is 0 Å². The van der Waals surface area contributed by atoms with Crippen LogP contribution in [0.5, 0.6) is 11.5 Å². The fourth-order valence-corrected chi connectivity index (χ4v) is 4.20. The number of carbonyl (C=O) groups excluding carboxylic acids is 1. The maximum Gasteiger partial charge on any atom is 0.248 e. The van der Waals surface area contributed by atoms with Crippen LogP contribution in [0.15, 0.2) is 89.7 Å². The number of nitrogens with zero attached hydrogens (tertiary/aromatic N) is 2. The van der Waals surface area contributed by atoms with Crippen molar-refractivity contribution in [2.45, 2.75) is 13.2 Å². The molecule has 6 nitrogen and oxygen atoms in total. The Morgan fingerprint density at radius 3 is 2.69 bits per heavy atom. The van der Waals surface area contributed by atoms with E-state index in [4.69, 9.17) is 21.1 Å². The number of benzene rings is 3. The molecule has 1 heterocycles. The highest BCUT2D eigenvalue weighted by Gasteiger charge is 2.08. The quantitative estimate of drug-likeness (QED) is 0.238. The lowest BCUT2D eigenvalue weighted by atomic mass is 10.1. The molecule has 1 N–H and O–H groups in total. The van der Waals surface area contributed by atoms with E-state index >= 15 is 0 Å². The van der Waals surface area contributed by atoms with Crippen LogP contribution in [0.1, 0.15) is 16.7 Å². The van der Waals surface area contributed by atoms with E-state index in [-0.39, 0.29) is 12.5 Å². The number of amides is 1. The monoisotopic (exact) mass is 551 g/mol. The van der Waals surface area contributed by atoms with Crippen LogP contribution >= 0.6 is 27.5 Å². The van der Waals surface area contributed by atoms with Gasteiger partial charge in [0.05, 0.1) is 30.0 Å². The molecule has 35 heavy (non-hydrogen) atoms. The Morgan fingerprint density at radius 1 is 1.11 bits per heavy atom. The van der Waals surface area contributed by atoms with E-state index in [2.05, 4.69) is 26.3 Å². The summed E-state index contributed by atoms with van der Waals surface area (Å²) in [6.07, 6.45) is 6.66. The number of ether oxygens (including phenoxy) is 2. The third-order valence-electron chi connectivity index (χ3n) is 5.10. The standard InChI is InChI=1S/C27H23BrClN3O3/c1-34-25-10-7-19(13-21(25)18-35-26-11-9-22(29)14-24(26)28)8-12-27(33)31-23-15-30-32(17-23)16-20-5-3-2-4-6-20/h2-15,17H,16,18H2,1H3,(H,31,33)/b12-8-. The molecule has 4 aromatic rings. The fraction of sp³-hybridized carbons (Fsp3) is 0.111. The number of halogens is 2. The van der Waals surface area contributed by atoms with Crippen molar-refractivity contribution < 1.29 is 14.3 Å². The average molecular weight is 553 g/mol. The van der Waals surface area contributed by atoms with Gasteiger partial charge >= 0.3 is 0 Å². The predicted octanol–water partition coefficient (Wildman–Crippen LogP) is 6.59. The largest absolute Gasteiger partial charge is 0.496 e. The molecule has 0 saturated heterocycles. The number of carbonyl (C=O) groups is 1. The molecule has 8 heteroatoms. The zero-order valence-corrected chi connectivity index (χ0v) is 21.3. The molecule has 1 aromatic heterocycles. The summed E-state index contributed by atoms with van der Waals surface area (Å²) in [4.78, 5) is 12.4. The van der Waals surface area contributed by atoms with Gasteiger partial charge in [0, 0.05) is 22.9 Å². The van der Waals surface area contributed by atoms with Crippen LogP contribution < -0.4 is 14.8 Å². The maximum atomic E-state index is 12.4. The van der Waals surface area contributed by atoms with Gasteiger partial charge in [-0.2, -0.15) is 5.10 Å². The third kappa shape index (κ3) is 6.97. The molecule has 0 saturated carbocycles. The van der Waals surface area contributed by atoms with E-state index in [9.17, 15) is 4.79 Å². The topological polar surface area (TPSA) is 65.4 Å². The van der Waals surface area contributed by atoms with E-state index in [0.717, 1.165) is 21.2 Å². The second-order valence-corrected chi connectivity index (χ2v) is 8.96. The molecule has 178 valence electrons. The molecule has 0 aliphatic carbocycles. The molecular formula is C27H23BrClN3O3. The summed E-state index contributed by atoms with van der Waals surface area (Å²) in [6, 6.07) is 21.0. The van der Waals surface area contributed by atoms with Gasteiger partial charge in [0.25, 0.3) is 0 Å². The van der Waals surface area contributed by atoms with Crippen molar-refractivity contribution in [3.63, 3.8) is 0 Å². The van der Waals surface area contributed by atoms with Gasteiger partial charge in [-0.05, 0) is 63.5 Å². The van der Waals surface area contributed by atoms with Crippen LogP contribution in [0.25, 0.3) is 6.08 Å². The fourth-order valence-electron chi connectivity index (χ4n) is 3.40. The van der Waals surface area contributed by atoms with Crippen molar-refractivity contribution in [2.24, 2.45) is 0 Å². The molecule has 0 aliphatic rings. The molecule has 1 amide bonds. The molecule has 4 rings (SSSR count).